The largest absolute Gasteiger partial charge is 0.489 e. The third-order valence-electron chi connectivity index (χ3n) is 4.80. The smallest absolute Gasteiger partial charge is 0.278 e. The lowest BCUT2D eigenvalue weighted by Crippen LogP contribution is -2.25. The van der Waals surface area contributed by atoms with Crippen molar-refractivity contribution in [3.63, 3.8) is 0 Å². The summed E-state index contributed by atoms with van der Waals surface area (Å²) in [6.45, 7) is 1.88. The van der Waals surface area contributed by atoms with Crippen molar-refractivity contribution in [2.24, 2.45) is 5.10 Å². The third kappa shape index (κ3) is 7.42. The van der Waals surface area contributed by atoms with Gasteiger partial charge < -0.3 is 14.2 Å². The summed E-state index contributed by atoms with van der Waals surface area (Å²) in [5.41, 5.74) is 5.36. The van der Waals surface area contributed by atoms with Crippen LogP contribution in [0.15, 0.2) is 52.0 Å². The Morgan fingerprint density at radius 2 is 1.94 bits per heavy atom. The highest BCUT2D eigenvalue weighted by molar-refractivity contribution is 9.10. The standard InChI is InChI=1S/C25H21BrCl2N4O4/c1-15-24(26)21(13-34-2)20(10-29)25(31-15)36-14-23(33)32-30-11-16-3-7-19(8-4-16)35-12-17-5-6-18(27)9-22(17)28/h3-9,11H,12-14H2,1-2H3,(H,32,33)/b30-11-. The first-order valence-corrected chi connectivity index (χ1v) is 12.1. The van der Waals surface area contributed by atoms with Crippen molar-refractivity contribution < 1.29 is 19.0 Å². The van der Waals surface area contributed by atoms with E-state index in [1.165, 1.54) is 13.3 Å². The molecule has 1 aromatic heterocycles. The van der Waals surface area contributed by atoms with Crippen LogP contribution in [0.5, 0.6) is 11.6 Å². The van der Waals surface area contributed by atoms with E-state index in [4.69, 9.17) is 37.4 Å². The minimum atomic E-state index is -0.509. The molecule has 0 saturated heterocycles. The summed E-state index contributed by atoms with van der Waals surface area (Å²) in [5, 5.41) is 14.5. The Kier molecular flexibility index (Phi) is 10.1. The summed E-state index contributed by atoms with van der Waals surface area (Å²) in [7, 11) is 1.52. The van der Waals surface area contributed by atoms with Gasteiger partial charge in [0.2, 0.25) is 5.88 Å². The number of hydrogen-bond acceptors (Lipinski definition) is 7. The Morgan fingerprint density at radius 1 is 1.19 bits per heavy atom. The van der Waals surface area contributed by atoms with Crippen LogP contribution >= 0.6 is 39.1 Å². The summed E-state index contributed by atoms with van der Waals surface area (Å²) in [6, 6.07) is 14.4. The van der Waals surface area contributed by atoms with Crippen molar-refractivity contribution in [2.75, 3.05) is 13.7 Å². The Morgan fingerprint density at radius 3 is 2.61 bits per heavy atom. The Balaban J connectivity index is 1.52. The zero-order chi connectivity index (χ0) is 26.1. The average Bonchev–Trinajstić information content (AvgIpc) is 2.86. The van der Waals surface area contributed by atoms with Crippen LogP contribution < -0.4 is 14.9 Å². The molecule has 0 aliphatic rings. The number of ether oxygens (including phenoxy) is 3. The number of carbonyl (C=O) groups is 1. The number of aromatic nitrogens is 1. The number of nitrogens with zero attached hydrogens (tertiary/aromatic N) is 3. The molecule has 0 atom stereocenters. The summed E-state index contributed by atoms with van der Waals surface area (Å²) in [6.07, 6.45) is 1.48. The molecule has 11 heteroatoms. The van der Waals surface area contributed by atoms with Gasteiger partial charge in [0.15, 0.2) is 6.61 Å². The highest BCUT2D eigenvalue weighted by Gasteiger charge is 2.18. The number of benzene rings is 2. The van der Waals surface area contributed by atoms with Crippen LogP contribution in [-0.4, -0.2) is 30.8 Å². The van der Waals surface area contributed by atoms with Crippen LogP contribution in [-0.2, 0) is 22.7 Å². The number of hydrogen-bond donors (Lipinski definition) is 1. The summed E-state index contributed by atoms with van der Waals surface area (Å²) in [5.74, 6) is 0.194. The maximum Gasteiger partial charge on any atom is 0.278 e. The number of carbonyl (C=O) groups excluding carboxylic acids is 1. The fraction of sp³-hybridized carbons (Fsp3) is 0.200. The molecule has 0 saturated carbocycles. The molecule has 3 aromatic rings. The number of pyridine rings is 1. The second-order valence-electron chi connectivity index (χ2n) is 7.39. The van der Waals surface area contributed by atoms with Gasteiger partial charge in [-0.2, -0.15) is 10.4 Å². The Bertz CT molecular complexity index is 1310. The molecular weight excluding hydrogens is 571 g/mol. The van der Waals surface area contributed by atoms with Gasteiger partial charge in [-0.1, -0.05) is 29.3 Å². The first-order valence-electron chi connectivity index (χ1n) is 10.5. The molecule has 0 aliphatic carbocycles. The monoisotopic (exact) mass is 590 g/mol. The zero-order valence-electron chi connectivity index (χ0n) is 19.3. The Hall–Kier alpha value is -3.16. The molecule has 0 spiro atoms. The molecule has 1 heterocycles. The first-order chi connectivity index (χ1) is 17.3. The second kappa shape index (κ2) is 13.2. The van der Waals surface area contributed by atoms with Gasteiger partial charge in [0.25, 0.3) is 5.91 Å². The van der Waals surface area contributed by atoms with Crippen LogP contribution in [0.25, 0.3) is 0 Å². The minimum absolute atomic E-state index is 0.0554. The number of nitrogens with one attached hydrogen (secondary N) is 1. The molecule has 3 rings (SSSR count). The van der Waals surface area contributed by atoms with E-state index < -0.39 is 5.91 Å². The molecule has 0 unspecified atom stereocenters. The molecule has 1 N–H and O–H groups in total. The normalized spacial score (nSPS) is 10.8. The maximum absolute atomic E-state index is 12.2. The van der Waals surface area contributed by atoms with Gasteiger partial charge in [-0.3, -0.25) is 4.79 Å². The van der Waals surface area contributed by atoms with Gasteiger partial charge in [0, 0.05) is 32.8 Å². The molecule has 8 nitrogen and oxygen atoms in total. The van der Waals surface area contributed by atoms with E-state index in [0.717, 1.165) is 11.1 Å². The van der Waals surface area contributed by atoms with Gasteiger partial charge in [0.05, 0.1) is 18.5 Å². The van der Waals surface area contributed by atoms with Crippen molar-refractivity contribution in [2.45, 2.75) is 20.1 Å². The fourth-order valence-electron chi connectivity index (χ4n) is 3.01. The molecule has 36 heavy (non-hydrogen) atoms. The van der Waals surface area contributed by atoms with Crippen molar-refractivity contribution in [3.8, 4) is 17.7 Å². The van der Waals surface area contributed by atoms with E-state index in [1.54, 1.807) is 43.3 Å². The second-order valence-corrected chi connectivity index (χ2v) is 9.03. The van der Waals surface area contributed by atoms with Crippen LogP contribution in [0.3, 0.4) is 0 Å². The predicted octanol–water partition coefficient (Wildman–Crippen LogP) is 5.59. The van der Waals surface area contributed by atoms with Crippen LogP contribution in [0, 0.1) is 18.3 Å². The van der Waals surface area contributed by atoms with Gasteiger partial charge >= 0.3 is 0 Å². The number of hydrazone groups is 1. The molecule has 0 aliphatic heterocycles. The Labute approximate surface area is 226 Å². The first kappa shape index (κ1) is 27.4. The number of methoxy groups -OCH3 is 1. The molecule has 186 valence electrons. The minimum Gasteiger partial charge on any atom is -0.489 e. The van der Waals surface area contributed by atoms with E-state index >= 15 is 0 Å². The molecule has 0 bridgehead atoms. The number of aryl methyl sites for hydroxylation is 1. The molecule has 1 amide bonds. The lowest BCUT2D eigenvalue weighted by Gasteiger charge is -2.13. The fourth-order valence-corrected chi connectivity index (χ4v) is 3.87. The number of nitriles is 1. The molecule has 0 fully saturated rings. The van der Waals surface area contributed by atoms with Crippen LogP contribution in [0.2, 0.25) is 10.0 Å². The number of amides is 1. The van der Waals surface area contributed by atoms with Gasteiger partial charge in [-0.15, -0.1) is 0 Å². The average molecular weight is 592 g/mol. The van der Waals surface area contributed by atoms with E-state index in [2.05, 4.69) is 37.5 Å². The highest BCUT2D eigenvalue weighted by atomic mass is 79.9. The van der Waals surface area contributed by atoms with Gasteiger partial charge in [0.1, 0.15) is 24.0 Å². The van der Waals surface area contributed by atoms with E-state index in [1.807, 2.05) is 6.07 Å². The van der Waals surface area contributed by atoms with Crippen molar-refractivity contribution in [1.29, 1.82) is 5.26 Å². The zero-order valence-corrected chi connectivity index (χ0v) is 22.4. The van der Waals surface area contributed by atoms with Gasteiger partial charge in [-0.25, -0.2) is 10.4 Å². The quantitative estimate of drug-likeness (QED) is 0.243. The van der Waals surface area contributed by atoms with Gasteiger partial charge in [-0.05, 0) is 64.8 Å². The lowest BCUT2D eigenvalue weighted by molar-refractivity contribution is -0.123. The summed E-state index contributed by atoms with van der Waals surface area (Å²) < 4.78 is 17.0. The van der Waals surface area contributed by atoms with Crippen molar-refractivity contribution in [1.82, 2.24) is 10.4 Å². The maximum atomic E-state index is 12.2. The summed E-state index contributed by atoms with van der Waals surface area (Å²) >= 11 is 15.5. The van der Waals surface area contributed by atoms with E-state index in [-0.39, 0.29) is 24.7 Å². The molecular formula is C25H21BrCl2N4O4. The number of rotatable bonds is 10. The van der Waals surface area contributed by atoms with Crippen LogP contribution in [0.4, 0.5) is 0 Å². The predicted molar refractivity (Wildman–Crippen MR) is 141 cm³/mol. The number of halogens is 3. The van der Waals surface area contributed by atoms with Crippen molar-refractivity contribution >= 4 is 51.3 Å². The van der Waals surface area contributed by atoms with Crippen molar-refractivity contribution in [3.05, 3.63) is 84.9 Å². The topological polar surface area (TPSA) is 106 Å². The van der Waals surface area contributed by atoms with E-state index in [0.29, 0.717) is 38.1 Å². The van der Waals surface area contributed by atoms with Crippen LogP contribution in [0.1, 0.15) is 27.9 Å². The van der Waals surface area contributed by atoms with E-state index in [9.17, 15) is 10.1 Å². The molecule has 0 radical (unpaired) electrons. The SMILES string of the molecule is COCc1c(Br)c(C)nc(OCC(=O)N/N=C\c2ccc(OCc3ccc(Cl)cc3Cl)cc2)c1C#N. The molecule has 2 aromatic carbocycles. The third-order valence-corrected chi connectivity index (χ3v) is 6.44. The lowest BCUT2D eigenvalue weighted by atomic mass is 10.1. The highest BCUT2D eigenvalue weighted by Crippen LogP contribution is 2.30. The summed E-state index contributed by atoms with van der Waals surface area (Å²) in [4.78, 5) is 16.4.